The van der Waals surface area contributed by atoms with Crippen LogP contribution in [0.4, 0.5) is 0 Å². The monoisotopic (exact) mass is 185 g/mol. The van der Waals surface area contributed by atoms with E-state index in [0.29, 0.717) is 6.61 Å². The van der Waals surface area contributed by atoms with Crippen molar-refractivity contribution in [1.82, 2.24) is 4.90 Å². The SMILES string of the molecule is CCOC(=O)C1(N(C)C(C)=O)CC1. The summed E-state index contributed by atoms with van der Waals surface area (Å²) in [5.41, 5.74) is -0.637. The molecule has 0 aromatic heterocycles. The topological polar surface area (TPSA) is 46.6 Å². The Hall–Kier alpha value is -1.06. The normalized spacial score (nSPS) is 17.8. The largest absolute Gasteiger partial charge is 0.464 e. The van der Waals surface area contributed by atoms with Crippen molar-refractivity contribution in [3.63, 3.8) is 0 Å². The first-order valence-corrected chi connectivity index (χ1v) is 4.46. The minimum absolute atomic E-state index is 0.0921. The zero-order valence-corrected chi connectivity index (χ0v) is 8.29. The maximum Gasteiger partial charge on any atom is 0.332 e. The number of esters is 1. The minimum atomic E-state index is -0.637. The van der Waals surface area contributed by atoms with Gasteiger partial charge in [-0.1, -0.05) is 0 Å². The van der Waals surface area contributed by atoms with E-state index >= 15 is 0 Å². The molecule has 0 heterocycles. The molecule has 1 aliphatic carbocycles. The second kappa shape index (κ2) is 3.36. The molecule has 1 amide bonds. The highest BCUT2D eigenvalue weighted by molar-refractivity contribution is 5.89. The summed E-state index contributed by atoms with van der Waals surface area (Å²) in [6.45, 7) is 3.59. The molecular formula is C9H15NO3. The summed E-state index contributed by atoms with van der Waals surface area (Å²) in [6, 6.07) is 0. The Labute approximate surface area is 77.8 Å². The smallest absolute Gasteiger partial charge is 0.332 e. The average Bonchev–Trinajstić information content (AvgIpc) is 2.83. The van der Waals surface area contributed by atoms with Gasteiger partial charge in [0.2, 0.25) is 5.91 Å². The van der Waals surface area contributed by atoms with Gasteiger partial charge in [-0.3, -0.25) is 4.79 Å². The molecule has 0 aromatic carbocycles. The van der Waals surface area contributed by atoms with Crippen molar-refractivity contribution < 1.29 is 14.3 Å². The average molecular weight is 185 g/mol. The number of amides is 1. The van der Waals surface area contributed by atoms with Crippen LogP contribution in [0.1, 0.15) is 26.7 Å². The molecule has 1 aliphatic rings. The standard InChI is InChI=1S/C9H15NO3/c1-4-13-8(12)9(5-6-9)10(3)7(2)11/h4-6H2,1-3H3. The molecule has 13 heavy (non-hydrogen) atoms. The van der Waals surface area contributed by atoms with Crippen molar-refractivity contribution in [2.24, 2.45) is 0 Å². The summed E-state index contributed by atoms with van der Waals surface area (Å²) in [7, 11) is 1.65. The fourth-order valence-electron chi connectivity index (χ4n) is 1.36. The molecule has 0 atom stereocenters. The van der Waals surface area contributed by atoms with Crippen LogP contribution in [0.25, 0.3) is 0 Å². The first-order chi connectivity index (χ1) is 6.04. The zero-order valence-electron chi connectivity index (χ0n) is 8.29. The van der Waals surface area contributed by atoms with E-state index in [4.69, 9.17) is 4.74 Å². The predicted octanol–water partition coefficient (Wildman–Crippen LogP) is 0.560. The van der Waals surface area contributed by atoms with E-state index in [2.05, 4.69) is 0 Å². The summed E-state index contributed by atoms with van der Waals surface area (Å²) in [4.78, 5) is 24.0. The van der Waals surface area contributed by atoms with Gasteiger partial charge in [-0.25, -0.2) is 4.79 Å². The first kappa shape index (κ1) is 10.0. The Morgan fingerprint density at radius 3 is 2.31 bits per heavy atom. The van der Waals surface area contributed by atoms with E-state index in [1.165, 1.54) is 11.8 Å². The lowest BCUT2D eigenvalue weighted by Gasteiger charge is -2.24. The van der Waals surface area contributed by atoms with Crippen LogP contribution >= 0.6 is 0 Å². The van der Waals surface area contributed by atoms with Gasteiger partial charge in [-0.2, -0.15) is 0 Å². The van der Waals surface area contributed by atoms with Crippen molar-refractivity contribution in [2.45, 2.75) is 32.2 Å². The van der Waals surface area contributed by atoms with Crippen LogP contribution in [0, 0.1) is 0 Å². The van der Waals surface area contributed by atoms with E-state index in [9.17, 15) is 9.59 Å². The molecule has 1 saturated carbocycles. The van der Waals surface area contributed by atoms with Crippen LogP contribution < -0.4 is 0 Å². The number of nitrogens with zero attached hydrogens (tertiary/aromatic N) is 1. The Kier molecular flexibility index (Phi) is 2.59. The highest BCUT2D eigenvalue weighted by Crippen LogP contribution is 2.42. The highest BCUT2D eigenvalue weighted by atomic mass is 16.5. The molecule has 0 radical (unpaired) electrons. The lowest BCUT2D eigenvalue weighted by Crippen LogP contribution is -2.44. The number of hydrogen-bond acceptors (Lipinski definition) is 3. The Bertz CT molecular complexity index is 233. The third-order valence-corrected chi connectivity index (χ3v) is 2.49. The highest BCUT2D eigenvalue weighted by Gasteiger charge is 2.55. The fourth-order valence-corrected chi connectivity index (χ4v) is 1.36. The third kappa shape index (κ3) is 1.66. The summed E-state index contributed by atoms with van der Waals surface area (Å²) < 4.78 is 4.91. The first-order valence-electron chi connectivity index (χ1n) is 4.46. The number of carbonyl (C=O) groups excluding carboxylic acids is 2. The van der Waals surface area contributed by atoms with Gasteiger partial charge in [0.15, 0.2) is 0 Å². The molecule has 0 aliphatic heterocycles. The van der Waals surface area contributed by atoms with E-state index in [1.54, 1.807) is 14.0 Å². The third-order valence-electron chi connectivity index (χ3n) is 2.49. The number of hydrogen-bond donors (Lipinski definition) is 0. The molecule has 4 nitrogen and oxygen atoms in total. The van der Waals surface area contributed by atoms with Crippen LogP contribution in [0.15, 0.2) is 0 Å². The molecule has 1 rings (SSSR count). The number of likely N-dealkylation sites (N-methyl/N-ethyl adjacent to an activating group) is 1. The van der Waals surface area contributed by atoms with Crippen LogP contribution in [-0.2, 0) is 14.3 Å². The van der Waals surface area contributed by atoms with Crippen molar-refractivity contribution in [2.75, 3.05) is 13.7 Å². The molecule has 0 saturated heterocycles. The molecule has 0 aromatic rings. The molecule has 1 fully saturated rings. The van der Waals surface area contributed by atoms with Gasteiger partial charge in [0.25, 0.3) is 0 Å². The van der Waals surface area contributed by atoms with Gasteiger partial charge in [0.1, 0.15) is 5.54 Å². The Balaban J connectivity index is 2.66. The lowest BCUT2D eigenvalue weighted by molar-refractivity contribution is -0.155. The van der Waals surface area contributed by atoms with Crippen LogP contribution in [0.5, 0.6) is 0 Å². The van der Waals surface area contributed by atoms with Crippen molar-refractivity contribution in [3.05, 3.63) is 0 Å². The van der Waals surface area contributed by atoms with Crippen molar-refractivity contribution >= 4 is 11.9 Å². The van der Waals surface area contributed by atoms with E-state index in [1.807, 2.05) is 0 Å². The maximum atomic E-state index is 11.5. The fraction of sp³-hybridized carbons (Fsp3) is 0.778. The second-order valence-electron chi connectivity index (χ2n) is 3.33. The Morgan fingerprint density at radius 2 is 2.00 bits per heavy atom. The minimum Gasteiger partial charge on any atom is -0.464 e. The molecule has 4 heteroatoms. The lowest BCUT2D eigenvalue weighted by atomic mass is 10.2. The molecule has 0 bridgehead atoms. The van der Waals surface area contributed by atoms with Crippen molar-refractivity contribution in [3.8, 4) is 0 Å². The van der Waals surface area contributed by atoms with Gasteiger partial charge < -0.3 is 9.64 Å². The number of rotatable bonds is 3. The molecule has 74 valence electrons. The quantitative estimate of drug-likeness (QED) is 0.603. The van der Waals surface area contributed by atoms with E-state index in [-0.39, 0.29) is 11.9 Å². The van der Waals surface area contributed by atoms with Gasteiger partial charge >= 0.3 is 5.97 Å². The van der Waals surface area contributed by atoms with E-state index < -0.39 is 5.54 Å². The van der Waals surface area contributed by atoms with E-state index in [0.717, 1.165) is 12.8 Å². The molecule has 0 N–H and O–H groups in total. The summed E-state index contributed by atoms with van der Waals surface area (Å²) >= 11 is 0. The molecule has 0 unspecified atom stereocenters. The van der Waals surface area contributed by atoms with Gasteiger partial charge in [-0.15, -0.1) is 0 Å². The van der Waals surface area contributed by atoms with Gasteiger partial charge in [0, 0.05) is 14.0 Å². The zero-order chi connectivity index (χ0) is 10.1. The Morgan fingerprint density at radius 1 is 1.46 bits per heavy atom. The molecule has 0 spiro atoms. The number of ether oxygens (including phenoxy) is 1. The number of carbonyl (C=O) groups is 2. The summed E-state index contributed by atoms with van der Waals surface area (Å²) in [5, 5.41) is 0. The summed E-state index contributed by atoms with van der Waals surface area (Å²) in [5.74, 6) is -0.363. The second-order valence-corrected chi connectivity index (χ2v) is 3.33. The maximum absolute atomic E-state index is 11.5. The van der Waals surface area contributed by atoms with Gasteiger partial charge in [-0.05, 0) is 19.8 Å². The predicted molar refractivity (Wildman–Crippen MR) is 47.0 cm³/mol. The van der Waals surface area contributed by atoms with Crippen LogP contribution in [-0.4, -0.2) is 36.0 Å². The van der Waals surface area contributed by atoms with Crippen LogP contribution in [0.3, 0.4) is 0 Å². The van der Waals surface area contributed by atoms with Crippen LogP contribution in [0.2, 0.25) is 0 Å². The molecular weight excluding hydrogens is 170 g/mol. The summed E-state index contributed by atoms with van der Waals surface area (Å²) in [6.07, 6.45) is 1.45. The van der Waals surface area contributed by atoms with Gasteiger partial charge in [0.05, 0.1) is 6.61 Å². The van der Waals surface area contributed by atoms with Crippen molar-refractivity contribution in [1.29, 1.82) is 0 Å².